The molecule has 18 heavy (non-hydrogen) atoms. The predicted octanol–water partition coefficient (Wildman–Crippen LogP) is 4.28. The molecular formula is C12H11F3N2S. The van der Waals surface area contributed by atoms with Crippen molar-refractivity contribution in [3.8, 4) is 0 Å². The van der Waals surface area contributed by atoms with Crippen molar-refractivity contribution in [2.75, 3.05) is 11.9 Å². The lowest BCUT2D eigenvalue weighted by Crippen LogP contribution is -2.01. The fourth-order valence-electron chi connectivity index (χ4n) is 1.65. The summed E-state index contributed by atoms with van der Waals surface area (Å²) in [4.78, 5) is 4.30. The Morgan fingerprint density at radius 3 is 2.72 bits per heavy atom. The van der Waals surface area contributed by atoms with Crippen molar-refractivity contribution in [1.82, 2.24) is 4.98 Å². The van der Waals surface area contributed by atoms with E-state index in [-0.39, 0.29) is 16.7 Å². The van der Waals surface area contributed by atoms with E-state index in [0.29, 0.717) is 17.7 Å². The smallest absolute Gasteiger partial charge is 0.370 e. The molecule has 1 N–H and O–H groups in total. The third-order valence-corrected chi connectivity index (χ3v) is 3.04. The van der Waals surface area contributed by atoms with Gasteiger partial charge in [-0.3, -0.25) is 0 Å². The number of alkyl halides is 3. The van der Waals surface area contributed by atoms with Gasteiger partial charge in [0.2, 0.25) is 0 Å². The molecule has 0 aliphatic rings. The lowest BCUT2D eigenvalue weighted by Gasteiger charge is -2.09. The van der Waals surface area contributed by atoms with Crippen molar-refractivity contribution in [3.63, 3.8) is 0 Å². The fourth-order valence-corrected chi connectivity index (χ4v) is 2.23. The Bertz CT molecular complexity index is 555. The maximum atomic E-state index is 12.3. The van der Waals surface area contributed by atoms with Crippen LogP contribution in [0.1, 0.15) is 6.92 Å². The molecule has 2 nitrogen and oxygen atoms in total. The minimum absolute atomic E-state index is 0.113. The van der Waals surface area contributed by atoms with Crippen molar-refractivity contribution in [2.24, 2.45) is 0 Å². The van der Waals surface area contributed by atoms with Gasteiger partial charge in [0, 0.05) is 23.0 Å². The molecule has 96 valence electrons. The Morgan fingerprint density at radius 2 is 2.06 bits per heavy atom. The van der Waals surface area contributed by atoms with Crippen LogP contribution in [0.25, 0.3) is 10.8 Å². The van der Waals surface area contributed by atoms with E-state index in [2.05, 4.69) is 10.3 Å². The minimum atomic E-state index is -4.27. The van der Waals surface area contributed by atoms with E-state index in [1.54, 1.807) is 18.3 Å². The first-order valence-corrected chi connectivity index (χ1v) is 6.19. The molecule has 0 unspecified atom stereocenters. The first-order valence-electron chi connectivity index (χ1n) is 5.38. The third kappa shape index (κ3) is 3.07. The van der Waals surface area contributed by atoms with E-state index in [1.165, 1.54) is 12.1 Å². The molecule has 1 heterocycles. The van der Waals surface area contributed by atoms with Crippen LogP contribution in [0.15, 0.2) is 35.4 Å². The van der Waals surface area contributed by atoms with E-state index < -0.39 is 5.51 Å². The number of nitrogens with zero attached hydrogens (tertiary/aromatic N) is 1. The molecule has 2 aromatic rings. The van der Waals surface area contributed by atoms with Gasteiger partial charge in [-0.2, -0.15) is 13.2 Å². The molecule has 6 heteroatoms. The topological polar surface area (TPSA) is 24.9 Å². The number of halogens is 3. The number of nitrogens with one attached hydrogen (secondary N) is 1. The first-order chi connectivity index (χ1) is 8.49. The van der Waals surface area contributed by atoms with Crippen molar-refractivity contribution in [2.45, 2.75) is 17.3 Å². The molecule has 1 aromatic carbocycles. The van der Waals surface area contributed by atoms with E-state index in [4.69, 9.17) is 0 Å². The number of pyridine rings is 1. The fraction of sp³-hybridized carbons (Fsp3) is 0.250. The van der Waals surface area contributed by atoms with Crippen molar-refractivity contribution < 1.29 is 13.2 Å². The summed E-state index contributed by atoms with van der Waals surface area (Å²) in [5.41, 5.74) is -4.27. The SMILES string of the molecule is CCNc1nccc2ccc(SC(F)(F)F)cc12. The van der Waals surface area contributed by atoms with Gasteiger partial charge in [0.1, 0.15) is 5.82 Å². The molecular weight excluding hydrogens is 261 g/mol. The molecule has 1 aromatic heterocycles. The molecule has 0 fully saturated rings. The van der Waals surface area contributed by atoms with Crippen LogP contribution in [0.3, 0.4) is 0 Å². The molecule has 0 aliphatic heterocycles. The Morgan fingerprint density at radius 1 is 1.28 bits per heavy atom. The molecule has 0 atom stereocenters. The number of rotatable bonds is 3. The average Bonchev–Trinajstić information content (AvgIpc) is 2.28. The van der Waals surface area contributed by atoms with Gasteiger partial charge in [0.15, 0.2) is 0 Å². The highest BCUT2D eigenvalue weighted by Gasteiger charge is 2.29. The van der Waals surface area contributed by atoms with E-state index in [0.717, 1.165) is 5.39 Å². The molecule has 0 aliphatic carbocycles. The summed E-state index contributed by atoms with van der Waals surface area (Å²) in [7, 11) is 0. The maximum Gasteiger partial charge on any atom is 0.446 e. The van der Waals surface area contributed by atoms with Gasteiger partial charge >= 0.3 is 5.51 Å². The van der Waals surface area contributed by atoms with E-state index in [9.17, 15) is 13.2 Å². The molecule has 2 rings (SSSR count). The van der Waals surface area contributed by atoms with Crippen LogP contribution < -0.4 is 5.32 Å². The quantitative estimate of drug-likeness (QED) is 0.844. The Balaban J connectivity index is 2.45. The highest BCUT2D eigenvalue weighted by molar-refractivity contribution is 8.00. The van der Waals surface area contributed by atoms with Crippen molar-refractivity contribution in [1.29, 1.82) is 0 Å². The summed E-state index contributed by atoms with van der Waals surface area (Å²) in [6.45, 7) is 2.58. The van der Waals surface area contributed by atoms with Crippen LogP contribution in [-0.4, -0.2) is 17.0 Å². The third-order valence-electron chi connectivity index (χ3n) is 2.32. The number of aromatic nitrogens is 1. The number of hydrogen-bond donors (Lipinski definition) is 1. The van der Waals surface area contributed by atoms with Gasteiger partial charge in [-0.05, 0) is 42.3 Å². The monoisotopic (exact) mass is 272 g/mol. The lowest BCUT2D eigenvalue weighted by atomic mass is 10.1. The van der Waals surface area contributed by atoms with Gasteiger partial charge in [0.05, 0.1) is 0 Å². The number of fused-ring (bicyclic) bond motifs is 1. The number of benzene rings is 1. The summed E-state index contributed by atoms with van der Waals surface area (Å²) < 4.78 is 37.0. The number of hydrogen-bond acceptors (Lipinski definition) is 3. The summed E-state index contributed by atoms with van der Waals surface area (Å²) in [6, 6.07) is 6.43. The molecule has 0 bridgehead atoms. The number of thioether (sulfide) groups is 1. The second-order valence-electron chi connectivity index (χ2n) is 3.62. The molecule has 0 saturated heterocycles. The zero-order chi connectivity index (χ0) is 13.2. The summed E-state index contributed by atoms with van der Waals surface area (Å²) >= 11 is -0.113. The Hall–Kier alpha value is -1.43. The largest absolute Gasteiger partial charge is 0.446 e. The lowest BCUT2D eigenvalue weighted by molar-refractivity contribution is -0.0328. The standard InChI is InChI=1S/C12H11F3N2S/c1-2-16-11-10-7-9(18-12(13,14)15)4-3-8(10)5-6-17-11/h3-7H,2H2,1H3,(H,16,17). The van der Waals surface area contributed by atoms with E-state index >= 15 is 0 Å². The Labute approximate surface area is 107 Å². The summed E-state index contributed by atoms with van der Waals surface area (Å²) in [5.74, 6) is 0.611. The molecule has 0 spiro atoms. The van der Waals surface area contributed by atoms with Crippen LogP contribution in [0.2, 0.25) is 0 Å². The van der Waals surface area contributed by atoms with E-state index in [1.807, 2.05) is 6.92 Å². The minimum Gasteiger partial charge on any atom is -0.370 e. The van der Waals surface area contributed by atoms with Crippen LogP contribution in [0.5, 0.6) is 0 Å². The maximum absolute atomic E-state index is 12.3. The van der Waals surface area contributed by atoms with Gasteiger partial charge in [-0.15, -0.1) is 0 Å². The highest BCUT2D eigenvalue weighted by atomic mass is 32.2. The number of anilines is 1. The Kier molecular flexibility index (Phi) is 3.65. The summed E-state index contributed by atoms with van der Waals surface area (Å²) in [6.07, 6.45) is 1.64. The molecule has 0 radical (unpaired) electrons. The zero-order valence-corrected chi connectivity index (χ0v) is 10.4. The van der Waals surface area contributed by atoms with Gasteiger partial charge in [0.25, 0.3) is 0 Å². The summed E-state index contributed by atoms with van der Waals surface area (Å²) in [5, 5.41) is 4.61. The van der Waals surface area contributed by atoms with Crippen LogP contribution in [0, 0.1) is 0 Å². The second-order valence-corrected chi connectivity index (χ2v) is 4.76. The van der Waals surface area contributed by atoms with Crippen LogP contribution >= 0.6 is 11.8 Å². The molecule has 0 saturated carbocycles. The van der Waals surface area contributed by atoms with Gasteiger partial charge in [-0.1, -0.05) is 6.07 Å². The van der Waals surface area contributed by atoms with Crippen LogP contribution in [0.4, 0.5) is 19.0 Å². The van der Waals surface area contributed by atoms with Gasteiger partial charge in [-0.25, -0.2) is 4.98 Å². The van der Waals surface area contributed by atoms with Gasteiger partial charge < -0.3 is 5.32 Å². The van der Waals surface area contributed by atoms with Crippen LogP contribution in [-0.2, 0) is 0 Å². The normalized spacial score (nSPS) is 11.8. The zero-order valence-electron chi connectivity index (χ0n) is 9.58. The van der Waals surface area contributed by atoms with Crippen molar-refractivity contribution in [3.05, 3.63) is 30.5 Å². The highest BCUT2D eigenvalue weighted by Crippen LogP contribution is 2.38. The predicted molar refractivity (Wildman–Crippen MR) is 67.8 cm³/mol. The first kappa shape index (κ1) is 13.0. The average molecular weight is 272 g/mol. The molecule has 0 amide bonds. The van der Waals surface area contributed by atoms with Crippen molar-refractivity contribution >= 4 is 28.4 Å². The second kappa shape index (κ2) is 5.06.